The number of fused-ring (bicyclic) bond motifs is 1. The molecule has 0 spiro atoms. The van der Waals surface area contributed by atoms with Crippen LogP contribution in [-0.4, -0.2) is 28.3 Å². The van der Waals surface area contributed by atoms with Crippen LogP contribution >= 0.6 is 11.8 Å². The first-order chi connectivity index (χ1) is 10.0. The summed E-state index contributed by atoms with van der Waals surface area (Å²) in [4.78, 5) is 0. The summed E-state index contributed by atoms with van der Waals surface area (Å²) in [7, 11) is 0. The first kappa shape index (κ1) is 16.9. The summed E-state index contributed by atoms with van der Waals surface area (Å²) in [5.74, 6) is 0.597. The fourth-order valence-corrected chi connectivity index (χ4v) is 4.70. The SMILES string of the molecule is CCCNC1c2ccccc2C(C)CC1SC(C)C(C)O. The van der Waals surface area contributed by atoms with Crippen molar-refractivity contribution in [1.29, 1.82) is 0 Å². The zero-order valence-electron chi connectivity index (χ0n) is 13.7. The van der Waals surface area contributed by atoms with Crippen LogP contribution in [-0.2, 0) is 0 Å². The minimum absolute atomic E-state index is 0.255. The van der Waals surface area contributed by atoms with E-state index in [0.29, 0.717) is 17.2 Å². The van der Waals surface area contributed by atoms with Crippen molar-refractivity contribution in [1.82, 2.24) is 5.32 Å². The molecule has 1 aromatic rings. The lowest BCUT2D eigenvalue weighted by molar-refractivity contribution is 0.196. The Morgan fingerprint density at radius 2 is 1.95 bits per heavy atom. The third-order valence-electron chi connectivity index (χ3n) is 4.50. The predicted molar refractivity (Wildman–Crippen MR) is 93.0 cm³/mol. The van der Waals surface area contributed by atoms with E-state index in [1.54, 1.807) is 0 Å². The van der Waals surface area contributed by atoms with E-state index < -0.39 is 0 Å². The number of nitrogens with one attached hydrogen (secondary N) is 1. The van der Waals surface area contributed by atoms with Gasteiger partial charge >= 0.3 is 0 Å². The van der Waals surface area contributed by atoms with E-state index in [2.05, 4.69) is 50.4 Å². The zero-order chi connectivity index (χ0) is 15.4. The van der Waals surface area contributed by atoms with Gasteiger partial charge < -0.3 is 10.4 Å². The highest BCUT2D eigenvalue weighted by molar-refractivity contribution is 8.00. The predicted octanol–water partition coefficient (Wildman–Crippen LogP) is 4.11. The maximum atomic E-state index is 9.83. The highest BCUT2D eigenvalue weighted by Crippen LogP contribution is 2.44. The summed E-state index contributed by atoms with van der Waals surface area (Å²) in [5, 5.41) is 14.4. The Morgan fingerprint density at radius 1 is 1.29 bits per heavy atom. The number of rotatable bonds is 6. The molecule has 2 N–H and O–H groups in total. The van der Waals surface area contributed by atoms with Crippen LogP contribution in [0, 0.1) is 0 Å². The van der Waals surface area contributed by atoms with Gasteiger partial charge in [-0.1, -0.05) is 45.0 Å². The summed E-state index contributed by atoms with van der Waals surface area (Å²) < 4.78 is 0. The van der Waals surface area contributed by atoms with E-state index in [9.17, 15) is 5.11 Å². The van der Waals surface area contributed by atoms with Crippen molar-refractivity contribution in [3.05, 3.63) is 35.4 Å². The second-order valence-electron chi connectivity index (χ2n) is 6.32. The molecule has 0 fully saturated rings. The third kappa shape index (κ3) is 4.02. The monoisotopic (exact) mass is 307 g/mol. The van der Waals surface area contributed by atoms with Crippen LogP contribution in [0.15, 0.2) is 24.3 Å². The Kier molecular flexibility index (Phi) is 6.15. The standard InChI is InChI=1S/C18H29NOS/c1-5-10-19-18-16-9-7-6-8-15(16)12(2)11-17(18)21-14(4)13(3)20/h6-9,12-14,17-20H,5,10-11H2,1-4H3. The number of aliphatic hydroxyl groups excluding tert-OH is 1. The van der Waals surface area contributed by atoms with Crippen LogP contribution < -0.4 is 5.32 Å². The molecule has 1 aliphatic carbocycles. The van der Waals surface area contributed by atoms with Gasteiger partial charge in [0.2, 0.25) is 0 Å². The fraction of sp³-hybridized carbons (Fsp3) is 0.667. The van der Waals surface area contributed by atoms with Gasteiger partial charge in [-0.05, 0) is 43.4 Å². The maximum Gasteiger partial charge on any atom is 0.0628 e. The number of hydrogen-bond donors (Lipinski definition) is 2. The van der Waals surface area contributed by atoms with E-state index in [-0.39, 0.29) is 11.4 Å². The minimum atomic E-state index is -0.255. The molecule has 0 aliphatic heterocycles. The Morgan fingerprint density at radius 3 is 2.57 bits per heavy atom. The molecule has 21 heavy (non-hydrogen) atoms. The zero-order valence-corrected chi connectivity index (χ0v) is 14.5. The number of hydrogen-bond acceptors (Lipinski definition) is 3. The molecule has 0 aromatic heterocycles. The van der Waals surface area contributed by atoms with Crippen molar-refractivity contribution < 1.29 is 5.11 Å². The molecule has 0 amide bonds. The van der Waals surface area contributed by atoms with Gasteiger partial charge in [-0.3, -0.25) is 0 Å². The van der Waals surface area contributed by atoms with Gasteiger partial charge in [0.1, 0.15) is 0 Å². The molecule has 1 aromatic carbocycles. The fourth-order valence-electron chi connectivity index (χ4n) is 3.12. The van der Waals surface area contributed by atoms with Gasteiger partial charge in [-0.25, -0.2) is 0 Å². The summed E-state index contributed by atoms with van der Waals surface area (Å²) in [5.41, 5.74) is 2.95. The van der Waals surface area contributed by atoms with Gasteiger partial charge in [0.25, 0.3) is 0 Å². The Bertz CT molecular complexity index is 449. The summed E-state index contributed by atoms with van der Waals surface area (Å²) in [6, 6.07) is 9.26. The van der Waals surface area contributed by atoms with Crippen molar-refractivity contribution in [3.63, 3.8) is 0 Å². The molecule has 3 heteroatoms. The van der Waals surface area contributed by atoms with Gasteiger partial charge in [0.05, 0.1) is 6.10 Å². The summed E-state index contributed by atoms with van der Waals surface area (Å²) in [6.07, 6.45) is 2.08. The largest absolute Gasteiger partial charge is 0.392 e. The van der Waals surface area contributed by atoms with Gasteiger partial charge in [-0.2, -0.15) is 11.8 Å². The first-order valence-corrected chi connectivity index (χ1v) is 9.14. The number of aliphatic hydroxyl groups is 1. The topological polar surface area (TPSA) is 32.3 Å². The molecular weight excluding hydrogens is 278 g/mol. The molecule has 2 nitrogen and oxygen atoms in total. The van der Waals surface area contributed by atoms with Crippen molar-refractivity contribution >= 4 is 11.8 Å². The average molecular weight is 308 g/mol. The molecule has 5 unspecified atom stereocenters. The van der Waals surface area contributed by atoms with Crippen LogP contribution in [0.2, 0.25) is 0 Å². The summed E-state index contributed by atoms with van der Waals surface area (Å²) in [6.45, 7) is 9.62. The molecule has 1 aliphatic rings. The van der Waals surface area contributed by atoms with Crippen molar-refractivity contribution in [2.45, 2.75) is 69.1 Å². The van der Waals surface area contributed by atoms with E-state index in [4.69, 9.17) is 0 Å². The van der Waals surface area contributed by atoms with Crippen LogP contribution in [0.3, 0.4) is 0 Å². The van der Waals surface area contributed by atoms with Crippen LogP contribution in [0.4, 0.5) is 0 Å². The van der Waals surface area contributed by atoms with Crippen molar-refractivity contribution in [2.24, 2.45) is 0 Å². The van der Waals surface area contributed by atoms with Gasteiger partial charge in [0.15, 0.2) is 0 Å². The number of benzene rings is 1. The van der Waals surface area contributed by atoms with Crippen LogP contribution in [0.1, 0.15) is 63.6 Å². The molecule has 0 radical (unpaired) electrons. The lowest BCUT2D eigenvalue weighted by Gasteiger charge is -2.38. The van der Waals surface area contributed by atoms with E-state index >= 15 is 0 Å². The molecule has 118 valence electrons. The van der Waals surface area contributed by atoms with E-state index in [1.165, 1.54) is 17.5 Å². The van der Waals surface area contributed by atoms with Gasteiger partial charge in [0, 0.05) is 16.5 Å². The molecule has 2 rings (SSSR count). The molecule has 0 saturated heterocycles. The molecule has 5 atom stereocenters. The first-order valence-electron chi connectivity index (χ1n) is 8.20. The Balaban J connectivity index is 2.23. The second kappa shape index (κ2) is 7.66. The lowest BCUT2D eigenvalue weighted by Crippen LogP contribution is -2.37. The van der Waals surface area contributed by atoms with E-state index in [1.807, 2.05) is 18.7 Å². The second-order valence-corrected chi connectivity index (χ2v) is 7.94. The Labute approximate surface area is 133 Å². The summed E-state index contributed by atoms with van der Waals surface area (Å²) >= 11 is 1.94. The third-order valence-corrected chi connectivity index (χ3v) is 6.14. The normalized spacial score (nSPS) is 28.0. The Hall–Kier alpha value is -0.510. The quantitative estimate of drug-likeness (QED) is 0.829. The minimum Gasteiger partial charge on any atom is -0.392 e. The molecular formula is C18H29NOS. The smallest absolute Gasteiger partial charge is 0.0628 e. The maximum absolute atomic E-state index is 9.83. The van der Waals surface area contributed by atoms with Crippen molar-refractivity contribution in [2.75, 3.05) is 6.54 Å². The highest BCUT2D eigenvalue weighted by atomic mass is 32.2. The molecule has 0 heterocycles. The van der Waals surface area contributed by atoms with Crippen LogP contribution in [0.5, 0.6) is 0 Å². The highest BCUT2D eigenvalue weighted by Gasteiger charge is 2.34. The van der Waals surface area contributed by atoms with Gasteiger partial charge in [-0.15, -0.1) is 0 Å². The van der Waals surface area contributed by atoms with Crippen molar-refractivity contribution in [3.8, 4) is 0 Å². The average Bonchev–Trinajstić information content (AvgIpc) is 2.47. The molecule has 0 saturated carbocycles. The molecule has 0 bridgehead atoms. The van der Waals surface area contributed by atoms with E-state index in [0.717, 1.165) is 13.0 Å². The van der Waals surface area contributed by atoms with Crippen LogP contribution in [0.25, 0.3) is 0 Å². The lowest BCUT2D eigenvalue weighted by atomic mass is 9.80. The number of thioether (sulfide) groups is 1.